The topological polar surface area (TPSA) is 84.2 Å². The predicted molar refractivity (Wildman–Crippen MR) is 101 cm³/mol. The molecule has 6 nitrogen and oxygen atoms in total. The van der Waals surface area contributed by atoms with Crippen LogP contribution >= 0.6 is 22.9 Å². The highest BCUT2D eigenvalue weighted by atomic mass is 35.5. The van der Waals surface area contributed by atoms with Crippen LogP contribution in [-0.2, 0) is 11.2 Å². The predicted octanol–water partition coefficient (Wildman–Crippen LogP) is 3.66. The number of hydrogen-bond donors (Lipinski definition) is 2. The number of carbonyl (C=O) groups is 2. The standard InChI is InChI=1S/C18H16ClN3O3S/c1-11-4-5-12(8-14(11)19)7-13-9-21-18(26-13)22-16(23)10-20-17(24)15-3-2-6-25-15/h2-6,8-9H,7,10H2,1H3,(H,20,24)(H,21,22,23). The summed E-state index contributed by atoms with van der Waals surface area (Å²) in [7, 11) is 0. The maximum absolute atomic E-state index is 11.9. The van der Waals surface area contributed by atoms with E-state index in [0.29, 0.717) is 11.6 Å². The highest BCUT2D eigenvalue weighted by Gasteiger charge is 2.12. The summed E-state index contributed by atoms with van der Waals surface area (Å²) in [5.41, 5.74) is 2.11. The first-order valence-electron chi connectivity index (χ1n) is 7.82. The summed E-state index contributed by atoms with van der Waals surface area (Å²) in [6, 6.07) is 9.05. The molecular formula is C18H16ClN3O3S. The summed E-state index contributed by atoms with van der Waals surface area (Å²) in [5.74, 6) is -0.642. The van der Waals surface area contributed by atoms with Gasteiger partial charge in [0, 0.05) is 22.5 Å². The van der Waals surface area contributed by atoms with Gasteiger partial charge in [0.25, 0.3) is 5.91 Å². The van der Waals surface area contributed by atoms with Gasteiger partial charge in [-0.1, -0.05) is 23.7 Å². The minimum absolute atomic E-state index is 0.158. The van der Waals surface area contributed by atoms with E-state index in [1.54, 1.807) is 12.3 Å². The molecule has 134 valence electrons. The van der Waals surface area contributed by atoms with Crippen LogP contribution in [0.3, 0.4) is 0 Å². The molecule has 3 aromatic rings. The molecule has 0 fully saturated rings. The third-order valence-electron chi connectivity index (χ3n) is 3.57. The van der Waals surface area contributed by atoms with Crippen molar-refractivity contribution in [2.75, 3.05) is 11.9 Å². The largest absolute Gasteiger partial charge is 0.459 e. The molecular weight excluding hydrogens is 374 g/mol. The highest BCUT2D eigenvalue weighted by Crippen LogP contribution is 2.23. The van der Waals surface area contributed by atoms with E-state index in [-0.39, 0.29) is 18.2 Å². The zero-order valence-corrected chi connectivity index (χ0v) is 15.5. The maximum Gasteiger partial charge on any atom is 0.287 e. The molecule has 8 heteroatoms. The van der Waals surface area contributed by atoms with Gasteiger partial charge in [-0.25, -0.2) is 4.98 Å². The Labute approximate surface area is 159 Å². The number of aromatic nitrogens is 1. The smallest absolute Gasteiger partial charge is 0.287 e. The van der Waals surface area contributed by atoms with Crippen molar-refractivity contribution in [3.63, 3.8) is 0 Å². The van der Waals surface area contributed by atoms with E-state index in [1.165, 1.54) is 23.7 Å². The molecule has 2 aromatic heterocycles. The van der Waals surface area contributed by atoms with Crippen LogP contribution in [0, 0.1) is 6.92 Å². The molecule has 0 unspecified atom stereocenters. The number of benzene rings is 1. The number of amides is 2. The van der Waals surface area contributed by atoms with Crippen molar-refractivity contribution in [3.05, 3.63) is 69.6 Å². The Bertz CT molecular complexity index is 922. The van der Waals surface area contributed by atoms with Gasteiger partial charge in [0.15, 0.2) is 10.9 Å². The first kappa shape index (κ1) is 18.2. The van der Waals surface area contributed by atoms with Gasteiger partial charge in [-0.3, -0.25) is 9.59 Å². The van der Waals surface area contributed by atoms with Gasteiger partial charge in [0.05, 0.1) is 12.8 Å². The van der Waals surface area contributed by atoms with Crippen molar-refractivity contribution in [3.8, 4) is 0 Å². The lowest BCUT2D eigenvalue weighted by molar-refractivity contribution is -0.115. The fraction of sp³-hybridized carbons (Fsp3) is 0.167. The molecule has 0 saturated carbocycles. The third kappa shape index (κ3) is 4.71. The molecule has 1 aromatic carbocycles. The minimum Gasteiger partial charge on any atom is -0.459 e. The number of anilines is 1. The van der Waals surface area contributed by atoms with Crippen molar-refractivity contribution in [2.45, 2.75) is 13.3 Å². The normalized spacial score (nSPS) is 10.5. The fourth-order valence-electron chi connectivity index (χ4n) is 2.21. The monoisotopic (exact) mass is 389 g/mol. The molecule has 3 rings (SSSR count). The average molecular weight is 390 g/mol. The second kappa shape index (κ2) is 8.16. The molecule has 0 bridgehead atoms. The van der Waals surface area contributed by atoms with Crippen molar-refractivity contribution >= 4 is 39.9 Å². The number of thiazole rings is 1. The van der Waals surface area contributed by atoms with E-state index in [2.05, 4.69) is 15.6 Å². The van der Waals surface area contributed by atoms with E-state index >= 15 is 0 Å². The van der Waals surface area contributed by atoms with Crippen LogP contribution in [0.15, 0.2) is 47.2 Å². The summed E-state index contributed by atoms with van der Waals surface area (Å²) in [5, 5.41) is 6.36. The Kier molecular flexibility index (Phi) is 5.70. The van der Waals surface area contributed by atoms with Crippen molar-refractivity contribution in [1.82, 2.24) is 10.3 Å². The molecule has 0 aliphatic carbocycles. The van der Waals surface area contributed by atoms with E-state index in [4.69, 9.17) is 16.0 Å². The minimum atomic E-state index is -0.443. The zero-order valence-electron chi connectivity index (χ0n) is 13.9. The van der Waals surface area contributed by atoms with E-state index in [0.717, 1.165) is 21.0 Å². The Morgan fingerprint density at radius 1 is 1.31 bits per heavy atom. The zero-order chi connectivity index (χ0) is 18.5. The molecule has 2 N–H and O–H groups in total. The van der Waals surface area contributed by atoms with E-state index in [1.807, 2.05) is 25.1 Å². The quantitative estimate of drug-likeness (QED) is 0.673. The van der Waals surface area contributed by atoms with Gasteiger partial charge < -0.3 is 15.1 Å². The van der Waals surface area contributed by atoms with Gasteiger partial charge in [-0.2, -0.15) is 0 Å². The number of halogens is 1. The van der Waals surface area contributed by atoms with Crippen LogP contribution in [0.1, 0.15) is 26.6 Å². The SMILES string of the molecule is Cc1ccc(Cc2cnc(NC(=O)CNC(=O)c3ccco3)s2)cc1Cl. The van der Waals surface area contributed by atoms with Crippen molar-refractivity contribution in [2.24, 2.45) is 0 Å². The number of nitrogens with zero attached hydrogens (tertiary/aromatic N) is 1. The lowest BCUT2D eigenvalue weighted by Gasteiger charge is -2.03. The summed E-state index contributed by atoms with van der Waals surface area (Å²) < 4.78 is 4.96. The number of carbonyl (C=O) groups excluding carboxylic acids is 2. The molecule has 0 radical (unpaired) electrons. The van der Waals surface area contributed by atoms with Crippen LogP contribution in [-0.4, -0.2) is 23.3 Å². The van der Waals surface area contributed by atoms with Crippen LogP contribution in [0.5, 0.6) is 0 Å². The van der Waals surface area contributed by atoms with Gasteiger partial charge in [0.1, 0.15) is 0 Å². The summed E-state index contributed by atoms with van der Waals surface area (Å²) in [6.45, 7) is 1.79. The van der Waals surface area contributed by atoms with Crippen LogP contribution in [0.25, 0.3) is 0 Å². The second-order valence-electron chi connectivity index (χ2n) is 5.60. The van der Waals surface area contributed by atoms with Crippen molar-refractivity contribution < 1.29 is 14.0 Å². The number of aryl methyl sites for hydroxylation is 1. The maximum atomic E-state index is 11.9. The second-order valence-corrected chi connectivity index (χ2v) is 7.12. The van der Waals surface area contributed by atoms with Gasteiger partial charge in [-0.15, -0.1) is 11.3 Å². The summed E-state index contributed by atoms with van der Waals surface area (Å²) in [4.78, 5) is 28.8. The number of rotatable bonds is 6. The van der Waals surface area contributed by atoms with Gasteiger partial charge in [-0.05, 0) is 36.2 Å². The lowest BCUT2D eigenvalue weighted by atomic mass is 10.1. The molecule has 26 heavy (non-hydrogen) atoms. The average Bonchev–Trinajstić information content (AvgIpc) is 3.28. The molecule has 0 spiro atoms. The number of hydrogen-bond acceptors (Lipinski definition) is 5. The van der Waals surface area contributed by atoms with E-state index in [9.17, 15) is 9.59 Å². The Morgan fingerprint density at radius 2 is 2.15 bits per heavy atom. The molecule has 0 atom stereocenters. The number of furan rings is 1. The summed E-state index contributed by atoms with van der Waals surface area (Å²) >= 11 is 7.52. The molecule has 0 aliphatic heterocycles. The molecule has 2 heterocycles. The first-order chi connectivity index (χ1) is 12.5. The van der Waals surface area contributed by atoms with E-state index < -0.39 is 5.91 Å². The van der Waals surface area contributed by atoms with Gasteiger partial charge >= 0.3 is 0 Å². The summed E-state index contributed by atoms with van der Waals surface area (Å²) in [6.07, 6.45) is 3.80. The molecule has 0 aliphatic rings. The van der Waals surface area contributed by atoms with Crippen LogP contribution < -0.4 is 10.6 Å². The fourth-order valence-corrected chi connectivity index (χ4v) is 3.28. The number of nitrogens with one attached hydrogen (secondary N) is 2. The van der Waals surface area contributed by atoms with Crippen molar-refractivity contribution in [1.29, 1.82) is 0 Å². The Morgan fingerprint density at radius 3 is 2.88 bits per heavy atom. The lowest BCUT2D eigenvalue weighted by Crippen LogP contribution is -2.32. The third-order valence-corrected chi connectivity index (χ3v) is 4.89. The van der Waals surface area contributed by atoms with Crippen LogP contribution in [0.4, 0.5) is 5.13 Å². The molecule has 0 saturated heterocycles. The van der Waals surface area contributed by atoms with Gasteiger partial charge in [0.2, 0.25) is 5.91 Å². The Hall–Kier alpha value is -2.64. The van der Waals surface area contributed by atoms with Crippen LogP contribution in [0.2, 0.25) is 5.02 Å². The Balaban J connectivity index is 1.52. The highest BCUT2D eigenvalue weighted by molar-refractivity contribution is 7.15. The first-order valence-corrected chi connectivity index (χ1v) is 9.02. The molecule has 2 amide bonds.